The first kappa shape index (κ1) is 17.7. The molecule has 0 aliphatic carbocycles. The number of alkyl halides is 1. The molecule has 0 heterocycles. The number of carbonyl (C=O) groups is 2. The molecule has 0 amide bonds. The van der Waals surface area contributed by atoms with Crippen molar-refractivity contribution < 1.29 is 14.3 Å². The second-order valence-electron chi connectivity index (χ2n) is 5.66. The van der Waals surface area contributed by atoms with Crippen molar-refractivity contribution in [2.75, 3.05) is 12.5 Å². The predicted molar refractivity (Wildman–Crippen MR) is 85.0 cm³/mol. The maximum atomic E-state index is 11.9. The molecule has 0 radical (unpaired) electrons. The van der Waals surface area contributed by atoms with Crippen LogP contribution in [0.25, 0.3) is 0 Å². The van der Waals surface area contributed by atoms with Gasteiger partial charge in [0.15, 0.2) is 5.78 Å². The first-order valence-electron chi connectivity index (χ1n) is 7.26. The number of carbonyl (C=O) groups excluding carboxylic acids is 2. The minimum absolute atomic E-state index is 0.102. The maximum absolute atomic E-state index is 11.9. The zero-order valence-corrected chi connectivity index (χ0v) is 13.7. The Morgan fingerprint density at radius 1 is 1.19 bits per heavy atom. The minimum atomic E-state index is -0.316. The molecule has 4 heteroatoms. The number of benzene rings is 1. The summed E-state index contributed by atoms with van der Waals surface area (Å²) in [5.74, 6) is 0.395. The zero-order chi connectivity index (χ0) is 15.9. The Bertz CT molecular complexity index is 477. The number of hydrogen-bond acceptors (Lipinski definition) is 3. The van der Waals surface area contributed by atoms with E-state index in [1.54, 1.807) is 6.92 Å². The Balaban J connectivity index is 2.76. The van der Waals surface area contributed by atoms with Gasteiger partial charge in [0.1, 0.15) is 0 Å². The summed E-state index contributed by atoms with van der Waals surface area (Å²) < 4.78 is 5.00. The highest BCUT2D eigenvalue weighted by molar-refractivity contribution is 6.18. The maximum Gasteiger partial charge on any atom is 0.306 e. The molecule has 0 atom stereocenters. The van der Waals surface area contributed by atoms with E-state index in [-0.39, 0.29) is 17.2 Å². The first-order chi connectivity index (χ1) is 9.90. The Kier molecular flexibility index (Phi) is 6.90. The third kappa shape index (κ3) is 5.50. The van der Waals surface area contributed by atoms with Gasteiger partial charge in [-0.3, -0.25) is 9.59 Å². The van der Waals surface area contributed by atoms with Crippen LogP contribution in [0.3, 0.4) is 0 Å². The van der Waals surface area contributed by atoms with Gasteiger partial charge in [-0.25, -0.2) is 0 Å². The normalized spacial score (nSPS) is 11.2. The SMILES string of the molecule is CCOC(=O)CC(C)(C)c1ccc(C(=O)CCCCl)cc1. The number of halogens is 1. The summed E-state index contributed by atoms with van der Waals surface area (Å²) in [5.41, 5.74) is 1.39. The summed E-state index contributed by atoms with van der Waals surface area (Å²) in [4.78, 5) is 23.5. The summed E-state index contributed by atoms with van der Waals surface area (Å²) in [7, 11) is 0. The molecule has 3 nitrogen and oxygen atoms in total. The number of ketones is 1. The van der Waals surface area contributed by atoms with E-state index in [0.29, 0.717) is 37.3 Å². The smallest absolute Gasteiger partial charge is 0.306 e. The van der Waals surface area contributed by atoms with E-state index < -0.39 is 0 Å². The van der Waals surface area contributed by atoms with E-state index in [0.717, 1.165) is 5.56 Å². The van der Waals surface area contributed by atoms with Crippen molar-refractivity contribution in [3.8, 4) is 0 Å². The van der Waals surface area contributed by atoms with Gasteiger partial charge in [0.05, 0.1) is 13.0 Å². The van der Waals surface area contributed by atoms with Gasteiger partial charge in [0.25, 0.3) is 0 Å². The number of ether oxygens (including phenoxy) is 1. The van der Waals surface area contributed by atoms with Crippen LogP contribution in [-0.2, 0) is 14.9 Å². The molecule has 0 spiro atoms. The fraction of sp³-hybridized carbons (Fsp3) is 0.529. The van der Waals surface area contributed by atoms with Crippen molar-refractivity contribution in [2.24, 2.45) is 0 Å². The Hall–Kier alpha value is -1.35. The fourth-order valence-electron chi connectivity index (χ4n) is 2.15. The van der Waals surface area contributed by atoms with Gasteiger partial charge >= 0.3 is 5.97 Å². The largest absolute Gasteiger partial charge is 0.466 e. The lowest BCUT2D eigenvalue weighted by Crippen LogP contribution is -2.23. The molecule has 0 N–H and O–H groups in total. The fourth-order valence-corrected chi connectivity index (χ4v) is 2.29. The zero-order valence-electron chi connectivity index (χ0n) is 12.9. The summed E-state index contributed by atoms with van der Waals surface area (Å²) >= 11 is 5.60. The van der Waals surface area contributed by atoms with E-state index in [1.165, 1.54) is 0 Å². The lowest BCUT2D eigenvalue weighted by molar-refractivity contribution is -0.144. The monoisotopic (exact) mass is 310 g/mol. The lowest BCUT2D eigenvalue weighted by Gasteiger charge is -2.24. The molecular formula is C17H23ClO3. The second kappa shape index (κ2) is 8.18. The highest BCUT2D eigenvalue weighted by Crippen LogP contribution is 2.28. The number of rotatable bonds is 8. The van der Waals surface area contributed by atoms with Gasteiger partial charge in [-0.15, -0.1) is 11.6 Å². The molecule has 0 aromatic heterocycles. The summed E-state index contributed by atoms with van der Waals surface area (Å²) in [5, 5.41) is 0. The van der Waals surface area contributed by atoms with Crippen molar-refractivity contribution in [1.82, 2.24) is 0 Å². The van der Waals surface area contributed by atoms with Gasteiger partial charge < -0.3 is 4.74 Å². The summed E-state index contributed by atoms with van der Waals surface area (Å²) in [6, 6.07) is 7.46. The van der Waals surface area contributed by atoms with Crippen LogP contribution >= 0.6 is 11.6 Å². The van der Waals surface area contributed by atoms with Crippen molar-refractivity contribution in [2.45, 2.75) is 45.4 Å². The van der Waals surface area contributed by atoms with Gasteiger partial charge in [0, 0.05) is 23.3 Å². The number of Topliss-reactive ketones (excluding diaryl/α,β-unsaturated/α-hetero) is 1. The van der Waals surface area contributed by atoms with Crippen molar-refractivity contribution >= 4 is 23.4 Å². The van der Waals surface area contributed by atoms with Crippen LogP contribution < -0.4 is 0 Å². The Morgan fingerprint density at radius 3 is 2.33 bits per heavy atom. The topological polar surface area (TPSA) is 43.4 Å². The number of hydrogen-bond donors (Lipinski definition) is 0. The van der Waals surface area contributed by atoms with Crippen molar-refractivity contribution in [3.05, 3.63) is 35.4 Å². The third-order valence-electron chi connectivity index (χ3n) is 3.42. The summed E-state index contributed by atoms with van der Waals surface area (Å²) in [6.45, 7) is 6.18. The quantitative estimate of drug-likeness (QED) is 0.412. The molecule has 1 rings (SSSR count). The second-order valence-corrected chi connectivity index (χ2v) is 6.04. The van der Waals surface area contributed by atoms with Crippen LogP contribution in [0.4, 0.5) is 0 Å². The van der Waals surface area contributed by atoms with Gasteiger partial charge in [-0.05, 0) is 18.9 Å². The van der Waals surface area contributed by atoms with Gasteiger partial charge in [-0.1, -0.05) is 38.1 Å². The molecule has 1 aromatic rings. The van der Waals surface area contributed by atoms with Crippen LogP contribution in [0.1, 0.15) is 56.0 Å². The van der Waals surface area contributed by atoms with E-state index in [4.69, 9.17) is 16.3 Å². The lowest BCUT2D eigenvalue weighted by atomic mass is 9.81. The molecule has 0 bridgehead atoms. The molecule has 0 aliphatic rings. The van der Waals surface area contributed by atoms with Crippen LogP contribution in [0.2, 0.25) is 0 Å². The van der Waals surface area contributed by atoms with Crippen molar-refractivity contribution in [3.63, 3.8) is 0 Å². The van der Waals surface area contributed by atoms with E-state index in [1.807, 2.05) is 38.1 Å². The van der Waals surface area contributed by atoms with Crippen molar-refractivity contribution in [1.29, 1.82) is 0 Å². The number of esters is 1. The van der Waals surface area contributed by atoms with Gasteiger partial charge in [-0.2, -0.15) is 0 Å². The van der Waals surface area contributed by atoms with Crippen LogP contribution in [0.5, 0.6) is 0 Å². The molecule has 21 heavy (non-hydrogen) atoms. The third-order valence-corrected chi connectivity index (χ3v) is 3.68. The molecule has 116 valence electrons. The molecule has 0 saturated heterocycles. The molecule has 1 aromatic carbocycles. The minimum Gasteiger partial charge on any atom is -0.466 e. The van der Waals surface area contributed by atoms with Crippen LogP contribution in [0.15, 0.2) is 24.3 Å². The van der Waals surface area contributed by atoms with Gasteiger partial charge in [0.2, 0.25) is 0 Å². The predicted octanol–water partition coefficient (Wildman–Crippen LogP) is 4.12. The average Bonchev–Trinajstić information content (AvgIpc) is 2.44. The average molecular weight is 311 g/mol. The Morgan fingerprint density at radius 2 is 1.81 bits per heavy atom. The highest BCUT2D eigenvalue weighted by atomic mass is 35.5. The Labute approximate surface area is 131 Å². The molecule has 0 fully saturated rings. The highest BCUT2D eigenvalue weighted by Gasteiger charge is 2.25. The van der Waals surface area contributed by atoms with E-state index >= 15 is 0 Å². The van der Waals surface area contributed by atoms with E-state index in [2.05, 4.69) is 0 Å². The molecule has 0 unspecified atom stereocenters. The molecular weight excluding hydrogens is 288 g/mol. The van der Waals surface area contributed by atoms with Crippen LogP contribution in [-0.4, -0.2) is 24.2 Å². The molecule has 0 saturated carbocycles. The van der Waals surface area contributed by atoms with Crippen LogP contribution in [0, 0.1) is 0 Å². The summed E-state index contributed by atoms with van der Waals surface area (Å²) in [6.07, 6.45) is 1.48. The van der Waals surface area contributed by atoms with E-state index in [9.17, 15) is 9.59 Å². The molecule has 0 aliphatic heterocycles. The standard InChI is InChI=1S/C17H23ClO3/c1-4-21-16(20)12-17(2,3)14-9-7-13(8-10-14)15(19)6-5-11-18/h7-10H,4-6,11-12H2,1-3H3. The first-order valence-corrected chi connectivity index (χ1v) is 7.79.